The molecule has 0 amide bonds. The first-order chi connectivity index (χ1) is 30.0. The molecule has 0 saturated carbocycles. The highest BCUT2D eigenvalue weighted by Crippen LogP contribution is 2.51. The molecule has 2 unspecified atom stereocenters. The fourth-order valence-electron chi connectivity index (χ4n) is 6.64. The monoisotopic (exact) mass is 1050 g/mol. The molecule has 0 aromatic carbocycles. The van der Waals surface area contributed by atoms with Gasteiger partial charge in [-0.15, -0.1) is 0 Å². The van der Waals surface area contributed by atoms with Crippen molar-refractivity contribution in [2.75, 3.05) is 51.1 Å². The molecular weight excluding hydrogens is 1000 g/mol. The summed E-state index contributed by atoms with van der Waals surface area (Å²) in [5.74, 6) is -0.615. The Morgan fingerprint density at radius 2 is 0.955 bits per heavy atom. The van der Waals surface area contributed by atoms with Gasteiger partial charge in [0.05, 0.1) is 59.2 Å². The molecule has 10 atom stereocenters. The molecular formula is C27H52N12O24P4+4. The summed E-state index contributed by atoms with van der Waals surface area (Å²) < 4.78 is 94.5. The number of anilines is 2. The molecule has 2 aliphatic heterocycles. The van der Waals surface area contributed by atoms with Gasteiger partial charge in [0.2, 0.25) is 23.5 Å². The normalized spacial score (nSPS) is 25.5. The Kier molecular flexibility index (Phi) is 17.4. The maximum absolute atomic E-state index is 13.2. The number of aliphatic hydroxyl groups is 4. The lowest BCUT2D eigenvalue weighted by atomic mass is 9.93. The fourth-order valence-corrected chi connectivity index (χ4v) is 9.22. The van der Waals surface area contributed by atoms with Gasteiger partial charge in [0, 0.05) is 0 Å². The summed E-state index contributed by atoms with van der Waals surface area (Å²) >= 11 is 0. The number of rotatable bonds is 20. The summed E-state index contributed by atoms with van der Waals surface area (Å²) in [5, 5.41) is 43.0. The van der Waals surface area contributed by atoms with Gasteiger partial charge in [-0.05, 0) is 0 Å². The third-order valence-electron chi connectivity index (χ3n) is 9.75. The molecule has 2 fully saturated rings. The van der Waals surface area contributed by atoms with Crippen LogP contribution in [-0.2, 0) is 69.0 Å². The van der Waals surface area contributed by atoms with Gasteiger partial charge in [0.25, 0.3) is 23.0 Å². The number of phosphoric ester groups is 4. The minimum atomic E-state index is -5.53. The highest BCUT2D eigenvalue weighted by atomic mass is 31.2. The predicted molar refractivity (Wildman–Crippen MR) is 218 cm³/mol. The topological polar surface area (TPSA) is 579 Å². The van der Waals surface area contributed by atoms with Crippen LogP contribution < -0.4 is 44.0 Å². The van der Waals surface area contributed by atoms with Crippen LogP contribution in [0.1, 0.15) is 12.5 Å². The Bertz CT molecular complexity index is 2540. The van der Waals surface area contributed by atoms with Crippen molar-refractivity contribution in [1.82, 2.24) is 41.4 Å². The second-order valence-corrected chi connectivity index (χ2v) is 20.1. The Hall–Kier alpha value is -3.58. The van der Waals surface area contributed by atoms with E-state index in [2.05, 4.69) is 29.0 Å². The molecule has 67 heavy (non-hydrogen) atoms. The van der Waals surface area contributed by atoms with Gasteiger partial charge in [-0.25, -0.2) is 27.4 Å². The maximum Gasteiger partial charge on any atom is 0.472 e. The van der Waals surface area contributed by atoms with Crippen LogP contribution in [0.2, 0.25) is 0 Å². The second-order valence-electron chi connectivity index (χ2n) is 14.7. The van der Waals surface area contributed by atoms with E-state index < -0.39 is 137 Å². The number of nitrogens with zero attached hydrogens (tertiary/aromatic N) is 6. The number of fused-ring (bicyclic) bond motifs is 2. The number of hydrogen-bond donors (Lipinski definition) is 16. The summed E-state index contributed by atoms with van der Waals surface area (Å²) in [4.78, 5) is 96.4. The molecule has 0 radical (unpaired) electrons. The van der Waals surface area contributed by atoms with E-state index in [0.29, 0.717) is 0 Å². The first kappa shape index (κ1) is 56.0. The summed E-state index contributed by atoms with van der Waals surface area (Å²) in [6, 6.07) is 0. The third kappa shape index (κ3) is 13.0. The number of aliphatic hydroxyl groups excluding tert-OH is 4. The van der Waals surface area contributed by atoms with E-state index in [4.69, 9.17) is 39.0 Å². The van der Waals surface area contributed by atoms with Gasteiger partial charge in [-0.3, -0.25) is 55.8 Å². The summed E-state index contributed by atoms with van der Waals surface area (Å²) in [5.41, 5.74) is 7.13. The molecule has 40 heteroatoms. The largest absolute Gasteiger partial charge is 0.472 e. The summed E-state index contributed by atoms with van der Waals surface area (Å²) in [6.45, 7) is -7.90. The van der Waals surface area contributed by atoms with Gasteiger partial charge in [-0.2, -0.15) is 0 Å². The molecule has 0 bridgehead atoms. The predicted octanol–water partition coefficient (Wildman–Crippen LogP) is -5.26. The summed E-state index contributed by atoms with van der Waals surface area (Å²) in [6.07, 6.45) is -10.9. The van der Waals surface area contributed by atoms with E-state index in [1.54, 1.807) is 0 Å². The van der Waals surface area contributed by atoms with Crippen molar-refractivity contribution in [3.8, 4) is 0 Å². The first-order valence-corrected chi connectivity index (χ1v) is 24.2. The number of nitrogens with one attached hydrogen (secondary N) is 2. The van der Waals surface area contributed by atoms with Crippen LogP contribution in [0.25, 0.3) is 22.3 Å². The number of hydrogen-bond acceptors (Lipinski definition) is 22. The van der Waals surface area contributed by atoms with Crippen LogP contribution in [0.15, 0.2) is 22.2 Å². The van der Waals surface area contributed by atoms with E-state index in [1.807, 2.05) is 0 Å². The standard InChI is InChI=1S/C27H42N10O24P4.2H3N/c1-34-9-36(19-13(34)21(42)32-25(28)30-19)23-17(40)15(38)11(60-23)3-54-64(50,51)58-7-27(5-56-62(44,45)46,6-57-63(47,48)49)8-59-65(52,53)55-4-12-16(39)18(41)24(61-12)37-10-35(2)14-20(37)31-26(29)33-22(14)43;;/h9-12,15-18,23-24,38-41H,3-8H2,1-2H3,(H10-2,28,29,30,31,32,33,42,43,44,45,46,47,48,49,50,51,52,53);2*1H3/p+4/t11-,12-,15-,16-,17-,18-,23-,24-;;/m1../s1. The number of nitrogens with two attached hydrogens (primary N) is 2. The third-order valence-corrected chi connectivity index (χ3v) is 12.5. The van der Waals surface area contributed by atoms with E-state index >= 15 is 0 Å². The average molecular weight is 1050 g/mol. The molecule has 6 heterocycles. The SMILES string of the molecule is Cn1c[n+]([C@@H]2O[C@H](COP(=O)(O)OCC(COP(=O)(O)O)(COP(=O)(O)O)COP(=O)(O)OC[C@H]3O[C@@H]([n+]4cn(C)c5c(=O)[nH]c(N)nc54)[C@H](O)[C@@H]3O)[C@@H](O)[C@H]2O)c2nc(N)[nH]c(=O)c21.[NH4+].[NH4+]. The van der Waals surface area contributed by atoms with Crippen molar-refractivity contribution in [1.29, 1.82) is 0 Å². The fraction of sp³-hybridized carbons (Fsp3) is 0.630. The molecule has 2 saturated heterocycles. The van der Waals surface area contributed by atoms with E-state index in [0.717, 1.165) is 9.13 Å². The number of aromatic nitrogens is 8. The molecule has 4 aromatic rings. The van der Waals surface area contributed by atoms with Gasteiger partial charge < -0.3 is 83.0 Å². The zero-order chi connectivity index (χ0) is 48.2. The Morgan fingerprint density at radius 3 is 1.28 bits per heavy atom. The van der Waals surface area contributed by atoms with Crippen molar-refractivity contribution in [3.63, 3.8) is 0 Å². The molecule has 0 aliphatic carbocycles. The quantitative estimate of drug-likeness (QED) is 0.0290. The minimum Gasteiger partial charge on any atom is -0.387 e. The van der Waals surface area contributed by atoms with Crippen molar-refractivity contribution in [3.05, 3.63) is 33.4 Å². The number of ether oxygens (including phenoxy) is 2. The molecule has 36 nitrogen and oxygen atoms in total. The van der Waals surface area contributed by atoms with Gasteiger partial charge in [0.1, 0.15) is 36.6 Å². The van der Waals surface area contributed by atoms with E-state index in [1.165, 1.54) is 35.9 Å². The number of aromatic amines is 2. The van der Waals surface area contributed by atoms with Gasteiger partial charge in [0.15, 0.2) is 12.7 Å². The molecule has 2 aliphatic rings. The number of H-pyrrole nitrogens is 2. The lowest BCUT2D eigenvalue weighted by molar-refractivity contribution is -0.746. The van der Waals surface area contributed by atoms with Gasteiger partial charge >= 0.3 is 42.6 Å². The number of nitrogen functional groups attached to an aromatic ring is 2. The van der Waals surface area contributed by atoms with Crippen LogP contribution in [-0.4, -0.2) is 155 Å². The Morgan fingerprint density at radius 1 is 0.627 bits per heavy atom. The van der Waals surface area contributed by atoms with Crippen LogP contribution in [0, 0.1) is 5.41 Å². The maximum atomic E-state index is 13.2. The van der Waals surface area contributed by atoms with Gasteiger partial charge in [-0.1, -0.05) is 9.97 Å². The number of phosphoric acid groups is 4. The number of aryl methyl sites for hydroxylation is 2. The first-order valence-electron chi connectivity index (χ1n) is 18.2. The lowest BCUT2D eigenvalue weighted by Gasteiger charge is -2.33. The Balaban J connectivity index is 0.00000490. The molecule has 24 N–H and O–H groups in total. The zero-order valence-corrected chi connectivity index (χ0v) is 38.9. The van der Waals surface area contributed by atoms with E-state index in [9.17, 15) is 77.6 Å². The molecule has 0 spiro atoms. The molecule has 4 aromatic heterocycles. The van der Waals surface area contributed by atoms with Crippen LogP contribution >= 0.6 is 31.3 Å². The second kappa shape index (κ2) is 20.8. The molecule has 6 rings (SSSR count). The van der Waals surface area contributed by atoms with Crippen molar-refractivity contribution >= 4 is 65.5 Å². The number of imidazole rings is 2. The van der Waals surface area contributed by atoms with E-state index in [-0.39, 0.29) is 46.5 Å². The number of quaternary nitrogens is 2. The van der Waals surface area contributed by atoms with Crippen LogP contribution in [0.5, 0.6) is 0 Å². The van der Waals surface area contributed by atoms with Crippen LogP contribution in [0.4, 0.5) is 11.9 Å². The summed E-state index contributed by atoms with van der Waals surface area (Å²) in [7, 11) is -19.1. The molecule has 380 valence electrons. The van der Waals surface area contributed by atoms with Crippen LogP contribution in [0.3, 0.4) is 0 Å². The Labute approximate surface area is 373 Å². The highest BCUT2D eigenvalue weighted by molar-refractivity contribution is 7.47. The smallest absolute Gasteiger partial charge is 0.387 e. The van der Waals surface area contributed by atoms with Crippen molar-refractivity contribution in [2.24, 2.45) is 19.5 Å². The minimum absolute atomic E-state index is 0. The highest BCUT2D eigenvalue weighted by Gasteiger charge is 2.50. The average Bonchev–Trinajstić information content (AvgIpc) is 3.88. The lowest BCUT2D eigenvalue weighted by Crippen LogP contribution is -2.46. The van der Waals surface area contributed by atoms with Crippen molar-refractivity contribution in [2.45, 2.75) is 49.1 Å². The zero-order valence-electron chi connectivity index (χ0n) is 35.3. The van der Waals surface area contributed by atoms with Crippen molar-refractivity contribution < 1.29 is 114 Å².